The summed E-state index contributed by atoms with van der Waals surface area (Å²) in [6.45, 7) is 4.67. The summed E-state index contributed by atoms with van der Waals surface area (Å²) in [5.74, 6) is -1.29. The van der Waals surface area contributed by atoms with Crippen molar-refractivity contribution in [3.8, 4) is 22.4 Å². The van der Waals surface area contributed by atoms with Crippen LogP contribution in [0.15, 0.2) is 53.6 Å². The molecule has 4 heterocycles. The van der Waals surface area contributed by atoms with Gasteiger partial charge in [-0.25, -0.2) is 18.3 Å². The Kier molecular flexibility index (Phi) is 6.02. The highest BCUT2D eigenvalue weighted by atomic mass is 19.3. The minimum absolute atomic E-state index is 0.191. The number of alkyl halides is 2. The Bertz CT molecular complexity index is 1600. The molecule has 0 aliphatic heterocycles. The number of halogens is 2. The Morgan fingerprint density at radius 2 is 1.92 bits per heavy atom. The predicted molar refractivity (Wildman–Crippen MR) is 130 cm³/mol. The fraction of sp³-hybridized carbons (Fsp3) is 0.280. The van der Waals surface area contributed by atoms with E-state index < -0.39 is 17.7 Å². The molecule has 10 nitrogen and oxygen atoms in total. The van der Waals surface area contributed by atoms with Crippen LogP contribution in [0.5, 0.6) is 0 Å². The number of carbonyl (C=O) groups is 1. The number of hydrogen-bond acceptors (Lipinski definition) is 7. The number of amides is 1. The number of aryl methyl sites for hydroxylation is 2. The zero-order chi connectivity index (χ0) is 26.3. The molecule has 5 rings (SSSR count). The molecule has 12 heteroatoms. The Morgan fingerprint density at radius 1 is 1.11 bits per heavy atom. The first-order chi connectivity index (χ1) is 17.6. The summed E-state index contributed by atoms with van der Waals surface area (Å²) >= 11 is 0. The van der Waals surface area contributed by atoms with Crippen LogP contribution < -0.4 is 5.32 Å². The van der Waals surface area contributed by atoms with Crippen LogP contribution in [-0.4, -0.2) is 46.9 Å². The van der Waals surface area contributed by atoms with Gasteiger partial charge in [-0.15, -0.1) is 10.2 Å². The molecular weight excluding hydrogens is 482 g/mol. The lowest BCUT2D eigenvalue weighted by Gasteiger charge is -2.17. The molecule has 190 valence electrons. The molecule has 37 heavy (non-hydrogen) atoms. The third-order valence-electron chi connectivity index (χ3n) is 6.22. The van der Waals surface area contributed by atoms with E-state index >= 15 is 0 Å². The molecule has 4 aromatic heterocycles. The summed E-state index contributed by atoms with van der Waals surface area (Å²) in [5, 5.41) is 18.5. The van der Waals surface area contributed by atoms with Gasteiger partial charge in [-0.1, -0.05) is 12.1 Å². The fourth-order valence-corrected chi connectivity index (χ4v) is 3.84. The van der Waals surface area contributed by atoms with Crippen molar-refractivity contribution >= 4 is 11.4 Å². The lowest BCUT2D eigenvalue weighted by atomic mass is 9.94. The Hall–Kier alpha value is -4.48. The van der Waals surface area contributed by atoms with Crippen LogP contribution in [-0.2, 0) is 19.0 Å². The highest BCUT2D eigenvalue weighted by molar-refractivity contribution is 5.89. The minimum Gasteiger partial charge on any atom is -0.416 e. The standard InChI is InChI=1S/C25H24F2N8O2/c1-14-7-15(20-19-8-17(12-35(19)31-13-29-20)18-10-30-34(4)11-18)5-6-16(14)9-28-21(36)22-32-33-24(37-22)25(2,3)23(26)27/h5-8,10-13,23H,9H2,1-4H3,(H,28,36). The van der Waals surface area contributed by atoms with E-state index in [1.807, 2.05) is 50.6 Å². The number of hydrogen-bond donors (Lipinski definition) is 1. The van der Waals surface area contributed by atoms with Crippen LogP contribution in [0.1, 0.15) is 41.6 Å². The minimum atomic E-state index is -2.71. The number of benzene rings is 1. The molecular formula is C25H24F2N8O2. The first-order valence-corrected chi connectivity index (χ1v) is 11.5. The van der Waals surface area contributed by atoms with Crippen molar-refractivity contribution in [3.05, 3.63) is 72.1 Å². The average molecular weight is 507 g/mol. The topological polar surface area (TPSA) is 116 Å². The van der Waals surface area contributed by atoms with E-state index in [0.29, 0.717) is 0 Å². The van der Waals surface area contributed by atoms with Crippen LogP contribution in [0.2, 0.25) is 0 Å². The lowest BCUT2D eigenvalue weighted by Crippen LogP contribution is -2.27. The number of carbonyl (C=O) groups excluding carboxylic acids is 1. The van der Waals surface area contributed by atoms with Crippen molar-refractivity contribution in [1.29, 1.82) is 0 Å². The molecule has 1 N–H and O–H groups in total. The maximum atomic E-state index is 13.2. The number of fused-ring (bicyclic) bond motifs is 1. The third kappa shape index (κ3) is 4.57. The van der Waals surface area contributed by atoms with Gasteiger partial charge in [0, 0.05) is 42.7 Å². The van der Waals surface area contributed by atoms with Crippen molar-refractivity contribution in [2.45, 2.75) is 39.2 Å². The lowest BCUT2D eigenvalue weighted by molar-refractivity contribution is 0.0528. The van der Waals surface area contributed by atoms with Gasteiger partial charge < -0.3 is 9.73 Å². The Labute approximate surface area is 210 Å². The number of rotatable bonds is 7. The number of nitrogens with zero attached hydrogens (tertiary/aromatic N) is 7. The Balaban J connectivity index is 1.34. The van der Waals surface area contributed by atoms with Crippen molar-refractivity contribution in [1.82, 2.24) is 39.9 Å². The quantitative estimate of drug-likeness (QED) is 0.355. The van der Waals surface area contributed by atoms with Gasteiger partial charge in [-0.3, -0.25) is 9.48 Å². The third-order valence-corrected chi connectivity index (χ3v) is 6.22. The van der Waals surface area contributed by atoms with Gasteiger partial charge in [-0.05, 0) is 44.0 Å². The summed E-state index contributed by atoms with van der Waals surface area (Å²) in [6, 6.07) is 7.82. The summed E-state index contributed by atoms with van der Waals surface area (Å²) in [6.07, 6.45) is 4.45. The second-order valence-electron chi connectivity index (χ2n) is 9.33. The molecule has 0 spiro atoms. The van der Waals surface area contributed by atoms with Crippen LogP contribution in [0, 0.1) is 6.92 Å². The van der Waals surface area contributed by atoms with Gasteiger partial charge in [0.1, 0.15) is 11.7 Å². The second-order valence-corrected chi connectivity index (χ2v) is 9.33. The van der Waals surface area contributed by atoms with Crippen LogP contribution in [0.4, 0.5) is 8.78 Å². The van der Waals surface area contributed by atoms with Gasteiger partial charge in [-0.2, -0.15) is 10.2 Å². The van der Waals surface area contributed by atoms with E-state index in [9.17, 15) is 13.6 Å². The van der Waals surface area contributed by atoms with Crippen molar-refractivity contribution in [2.75, 3.05) is 0 Å². The molecule has 0 fully saturated rings. The SMILES string of the molecule is Cc1cc(-c2ncnn3cc(-c4cnn(C)c4)cc23)ccc1CNC(=O)c1nnc(C(C)(C)C(F)F)o1. The fourth-order valence-electron chi connectivity index (χ4n) is 3.84. The zero-order valence-corrected chi connectivity index (χ0v) is 20.6. The molecule has 0 aliphatic rings. The van der Waals surface area contributed by atoms with E-state index in [4.69, 9.17) is 4.42 Å². The average Bonchev–Trinajstić information content (AvgIpc) is 3.62. The van der Waals surface area contributed by atoms with Gasteiger partial charge >= 0.3 is 11.8 Å². The normalized spacial score (nSPS) is 12.0. The molecule has 0 radical (unpaired) electrons. The van der Waals surface area contributed by atoms with Crippen LogP contribution >= 0.6 is 0 Å². The first kappa shape index (κ1) is 24.2. The van der Waals surface area contributed by atoms with Crippen LogP contribution in [0.25, 0.3) is 27.9 Å². The largest absolute Gasteiger partial charge is 0.416 e. The molecule has 0 saturated heterocycles. The maximum Gasteiger partial charge on any atom is 0.309 e. The zero-order valence-electron chi connectivity index (χ0n) is 20.6. The molecule has 0 atom stereocenters. The van der Waals surface area contributed by atoms with Gasteiger partial charge in [0.25, 0.3) is 6.43 Å². The molecule has 0 bridgehead atoms. The van der Waals surface area contributed by atoms with Gasteiger partial charge in [0.15, 0.2) is 0 Å². The van der Waals surface area contributed by atoms with Gasteiger partial charge in [0.2, 0.25) is 5.89 Å². The summed E-state index contributed by atoms with van der Waals surface area (Å²) in [7, 11) is 1.87. The van der Waals surface area contributed by atoms with Gasteiger partial charge in [0.05, 0.1) is 17.4 Å². The molecule has 5 aromatic rings. The monoisotopic (exact) mass is 506 g/mol. The smallest absolute Gasteiger partial charge is 0.309 e. The summed E-state index contributed by atoms with van der Waals surface area (Å²) < 4.78 is 35.1. The highest BCUT2D eigenvalue weighted by Crippen LogP contribution is 2.30. The Morgan fingerprint density at radius 3 is 2.62 bits per heavy atom. The maximum absolute atomic E-state index is 13.2. The molecule has 1 amide bonds. The van der Waals surface area contributed by atoms with Crippen LogP contribution in [0.3, 0.4) is 0 Å². The molecule has 1 aromatic carbocycles. The molecule has 0 aliphatic carbocycles. The highest BCUT2D eigenvalue weighted by Gasteiger charge is 2.37. The van der Waals surface area contributed by atoms with E-state index in [1.165, 1.54) is 20.2 Å². The summed E-state index contributed by atoms with van der Waals surface area (Å²) in [4.78, 5) is 17.0. The molecule has 0 saturated carbocycles. The van der Waals surface area contributed by atoms with E-state index in [0.717, 1.165) is 39.0 Å². The predicted octanol–water partition coefficient (Wildman–Crippen LogP) is 3.96. The van der Waals surface area contributed by atoms with Crippen molar-refractivity contribution in [3.63, 3.8) is 0 Å². The van der Waals surface area contributed by atoms with E-state index in [2.05, 4.69) is 30.7 Å². The van der Waals surface area contributed by atoms with Crippen molar-refractivity contribution < 1.29 is 18.0 Å². The second kappa shape index (κ2) is 9.19. The molecule has 0 unspecified atom stereocenters. The first-order valence-electron chi connectivity index (χ1n) is 11.5. The van der Waals surface area contributed by atoms with E-state index in [-0.39, 0.29) is 18.3 Å². The number of aromatic nitrogens is 7. The van der Waals surface area contributed by atoms with Crippen molar-refractivity contribution in [2.24, 2.45) is 7.05 Å². The van der Waals surface area contributed by atoms with E-state index in [1.54, 1.807) is 15.4 Å². The number of nitrogens with one attached hydrogen (secondary N) is 1. The summed E-state index contributed by atoms with van der Waals surface area (Å²) in [5.41, 5.74) is 4.61.